The average Bonchev–Trinajstić information content (AvgIpc) is 1.51. The van der Waals surface area contributed by atoms with E-state index in [0.29, 0.717) is 48.3 Å². The molecule has 0 saturated heterocycles. The second kappa shape index (κ2) is 43.1. The van der Waals surface area contributed by atoms with Crippen LogP contribution in [0.4, 0.5) is 0 Å². The van der Waals surface area contributed by atoms with Crippen molar-refractivity contribution >= 4 is 0 Å². The fourth-order valence-electron chi connectivity index (χ4n) is 7.42. The molecular weight excluding hydrogens is 1150 g/mol. The Hall–Kier alpha value is -10.6. The van der Waals surface area contributed by atoms with Crippen LogP contribution in [-0.4, -0.2) is 93.4 Å². The molecule has 0 amide bonds. The van der Waals surface area contributed by atoms with Crippen LogP contribution in [0.3, 0.4) is 0 Å². The summed E-state index contributed by atoms with van der Waals surface area (Å²) in [5.41, 5.74) is 3.62. The highest BCUT2D eigenvalue weighted by atomic mass is 16.5. The van der Waals surface area contributed by atoms with Crippen molar-refractivity contribution in [2.45, 2.75) is 112 Å². The molecule has 0 spiro atoms. The van der Waals surface area contributed by atoms with E-state index in [1.54, 1.807) is 66.7 Å². The number of hydrogen-bond acceptors (Lipinski definition) is 18. The van der Waals surface area contributed by atoms with E-state index in [9.17, 15) is 56.2 Å². The number of phenolic OH excluding ortho intramolecular Hbond substituents is 17. The molecule has 17 N–H and O–H groups in total. The van der Waals surface area contributed by atoms with E-state index in [1.807, 2.05) is 13.8 Å². The third-order valence-electron chi connectivity index (χ3n) is 11.5. The summed E-state index contributed by atoms with van der Waals surface area (Å²) in [5, 5.41) is 156. The monoisotopic (exact) mass is 1240 g/mol. The number of aryl methyl sites for hydroxylation is 2. The first-order chi connectivity index (χ1) is 42.7. The summed E-state index contributed by atoms with van der Waals surface area (Å²) < 4.78 is 5.55. The van der Waals surface area contributed by atoms with Crippen molar-refractivity contribution in [3.63, 3.8) is 0 Å². The number of hydrogen-bond donors (Lipinski definition) is 17. The highest BCUT2D eigenvalue weighted by molar-refractivity contribution is 5.46. The zero-order valence-corrected chi connectivity index (χ0v) is 52.2. The molecule has 2 atom stereocenters. The molecule has 0 saturated carbocycles. The van der Waals surface area contributed by atoms with Crippen molar-refractivity contribution < 1.29 is 91.5 Å². The van der Waals surface area contributed by atoms with Gasteiger partial charge < -0.3 is 91.5 Å². The lowest BCUT2D eigenvalue weighted by Crippen LogP contribution is -2.07. The van der Waals surface area contributed by atoms with Gasteiger partial charge in [0, 0.05) is 66.1 Å². The highest BCUT2D eigenvalue weighted by Gasteiger charge is 2.15. The summed E-state index contributed by atoms with van der Waals surface area (Å²) in [7, 11) is 0. The van der Waals surface area contributed by atoms with Gasteiger partial charge in [-0.2, -0.15) is 0 Å². The van der Waals surface area contributed by atoms with Gasteiger partial charge in [0.25, 0.3) is 0 Å². The summed E-state index contributed by atoms with van der Waals surface area (Å²) in [5.74, 6) is 1.59. The van der Waals surface area contributed by atoms with E-state index in [1.165, 1.54) is 141 Å². The Bertz CT molecular complexity index is 3230. The number of benzene rings is 9. The van der Waals surface area contributed by atoms with E-state index >= 15 is 0 Å². The molecule has 0 aromatic heterocycles. The second-order valence-corrected chi connectivity index (χ2v) is 20.3. The van der Waals surface area contributed by atoms with E-state index < -0.39 is 0 Å². The normalized spacial score (nSPS) is 10.4. The molecule has 9 aromatic rings. The maximum atomic E-state index is 9.79. The van der Waals surface area contributed by atoms with Gasteiger partial charge in [0.2, 0.25) is 0 Å². The van der Waals surface area contributed by atoms with Gasteiger partial charge in [-0.3, -0.25) is 0 Å². The first-order valence-electron chi connectivity index (χ1n) is 29.1. The van der Waals surface area contributed by atoms with Gasteiger partial charge >= 0.3 is 0 Å². The fraction of sp³-hybridized carbons (Fsp3) is 0.250. The predicted molar refractivity (Wildman–Crippen MR) is 352 cm³/mol. The number of ether oxygens (including phenoxy) is 1. The Labute approximate surface area is 527 Å². The van der Waals surface area contributed by atoms with Crippen LogP contribution in [0.5, 0.6) is 103 Å². The quantitative estimate of drug-likeness (QED) is 0.0572. The van der Waals surface area contributed by atoms with Crippen LogP contribution in [0.1, 0.15) is 121 Å². The highest BCUT2D eigenvalue weighted by Crippen LogP contribution is 2.35. The minimum atomic E-state index is -0.0389. The molecule has 0 aliphatic heterocycles. The van der Waals surface area contributed by atoms with Crippen LogP contribution in [0.15, 0.2) is 188 Å². The lowest BCUT2D eigenvalue weighted by atomic mass is 9.92. The SMILES string of the molecule is CC(COc1cccc(O)c1)c1ccc(O)cc1O.CC(Cc1ccc(O)cc1O)c1ccc(O)cc1O.CCC.CCC.CCC.Oc1ccc(CCCc2ccc(O)cc2O)c(O)c1.Oc1cccc(O)c1.Oc1cccc(O)c1.Oc1cccc(O)c1. The summed E-state index contributed by atoms with van der Waals surface area (Å²) >= 11 is 0. The summed E-state index contributed by atoms with van der Waals surface area (Å²) in [6.45, 7) is 16.9. The lowest BCUT2D eigenvalue weighted by molar-refractivity contribution is 0.291. The van der Waals surface area contributed by atoms with Gasteiger partial charge in [-0.1, -0.05) is 129 Å². The smallest absolute Gasteiger partial charge is 0.123 e. The van der Waals surface area contributed by atoms with E-state index in [2.05, 4.69) is 41.5 Å². The topological polar surface area (TPSA) is 353 Å². The molecule has 0 aliphatic carbocycles. The lowest BCUT2D eigenvalue weighted by Gasteiger charge is -2.15. The van der Waals surface area contributed by atoms with Crippen molar-refractivity contribution in [2.24, 2.45) is 0 Å². The van der Waals surface area contributed by atoms with Gasteiger partial charge in [-0.15, -0.1) is 0 Å². The molecule has 9 rings (SSSR count). The summed E-state index contributed by atoms with van der Waals surface area (Å²) in [6.07, 6.45) is 6.31. The van der Waals surface area contributed by atoms with Gasteiger partial charge in [-0.25, -0.2) is 0 Å². The molecule has 0 radical (unpaired) electrons. The van der Waals surface area contributed by atoms with Crippen molar-refractivity contribution in [1.82, 2.24) is 0 Å². The minimum absolute atomic E-state index is 0.0148. The zero-order valence-electron chi connectivity index (χ0n) is 52.2. The Morgan fingerprint density at radius 2 is 0.533 bits per heavy atom. The van der Waals surface area contributed by atoms with E-state index in [-0.39, 0.29) is 110 Å². The number of aromatic hydroxyl groups is 17. The van der Waals surface area contributed by atoms with Crippen LogP contribution in [0, 0.1) is 0 Å². The molecule has 0 aliphatic rings. The van der Waals surface area contributed by atoms with Crippen LogP contribution in [0.25, 0.3) is 0 Å². The third kappa shape index (κ3) is 32.8. The average molecular weight is 1240 g/mol. The fourth-order valence-corrected chi connectivity index (χ4v) is 7.42. The molecular formula is C72H90O18. The molecule has 18 heteroatoms. The standard InChI is InChI=1S/3C15H16O4.3C6H6O2.3C3H8/c1-9(13-5-4-12(17)8-15(13)19)6-10-2-3-11(16)7-14(10)18;1-10(14-6-5-12(17)8-15(14)18)9-19-13-4-2-3-11(16)7-13;16-12-6-4-10(14(18)8-12)2-1-3-11-5-7-13(17)9-15(11)19;3*7-5-2-1-3-6(8)4-5;3*1-3-2/h2-5,7-9,16-19H,6H2,1H3;2-8,10,16-18H,9H2,1H3;4-9,16-19H,1-3H2;3*1-4,7-8H;3*3H2,1-2H3. The maximum absolute atomic E-state index is 9.79. The third-order valence-corrected chi connectivity index (χ3v) is 11.5. The zero-order chi connectivity index (χ0) is 67.7. The molecule has 2 unspecified atom stereocenters. The van der Waals surface area contributed by atoms with Crippen molar-refractivity contribution in [1.29, 1.82) is 0 Å². The molecule has 0 bridgehead atoms. The molecule has 0 fully saturated rings. The van der Waals surface area contributed by atoms with Crippen LogP contribution >= 0.6 is 0 Å². The molecule has 0 heterocycles. The molecule has 90 heavy (non-hydrogen) atoms. The van der Waals surface area contributed by atoms with Crippen molar-refractivity contribution in [2.75, 3.05) is 6.61 Å². The summed E-state index contributed by atoms with van der Waals surface area (Å²) in [6, 6.07) is 46.6. The van der Waals surface area contributed by atoms with Crippen LogP contribution in [0.2, 0.25) is 0 Å². The first kappa shape index (κ1) is 77.4. The van der Waals surface area contributed by atoms with Gasteiger partial charge in [-0.05, 0) is 133 Å². The van der Waals surface area contributed by atoms with Crippen molar-refractivity contribution in [3.8, 4) is 103 Å². The largest absolute Gasteiger partial charge is 0.508 e. The Morgan fingerprint density at radius 3 is 0.811 bits per heavy atom. The van der Waals surface area contributed by atoms with Crippen molar-refractivity contribution in [3.05, 3.63) is 216 Å². The van der Waals surface area contributed by atoms with Gasteiger partial charge in [0.15, 0.2) is 0 Å². The molecule has 18 nitrogen and oxygen atoms in total. The van der Waals surface area contributed by atoms with E-state index in [0.717, 1.165) is 17.5 Å². The maximum Gasteiger partial charge on any atom is 0.123 e. The van der Waals surface area contributed by atoms with Crippen LogP contribution in [-0.2, 0) is 19.3 Å². The predicted octanol–water partition coefficient (Wildman–Crippen LogP) is 16.1. The Morgan fingerprint density at radius 1 is 0.278 bits per heavy atom. The van der Waals surface area contributed by atoms with E-state index in [4.69, 9.17) is 35.4 Å². The minimum Gasteiger partial charge on any atom is -0.508 e. The van der Waals surface area contributed by atoms with Crippen LogP contribution < -0.4 is 4.74 Å². The molecule has 486 valence electrons. The van der Waals surface area contributed by atoms with Gasteiger partial charge in [0.05, 0.1) is 6.61 Å². The first-order valence-corrected chi connectivity index (χ1v) is 29.1. The Kier molecular flexibility index (Phi) is 37.0. The molecule has 9 aromatic carbocycles. The summed E-state index contributed by atoms with van der Waals surface area (Å²) in [4.78, 5) is 0. The number of rotatable bonds is 11. The number of phenols is 17. The second-order valence-electron chi connectivity index (χ2n) is 20.3. The Balaban J connectivity index is 0.000000543. The van der Waals surface area contributed by atoms with Gasteiger partial charge in [0.1, 0.15) is 103 Å².